The first-order chi connectivity index (χ1) is 12.6. The highest BCUT2D eigenvalue weighted by atomic mass is 16.5. The fourth-order valence-electron chi connectivity index (χ4n) is 3.50. The van der Waals surface area contributed by atoms with Crippen LogP contribution in [-0.4, -0.2) is 73.0 Å². The number of nitrogens with zero attached hydrogens (tertiary/aromatic N) is 2. The van der Waals surface area contributed by atoms with Crippen molar-refractivity contribution in [2.45, 2.75) is 18.9 Å². The molecular formula is C18H21N3O5. The van der Waals surface area contributed by atoms with Gasteiger partial charge in [-0.1, -0.05) is 0 Å². The van der Waals surface area contributed by atoms with E-state index in [9.17, 15) is 14.4 Å². The van der Waals surface area contributed by atoms with Crippen molar-refractivity contribution in [1.82, 2.24) is 9.80 Å². The third-order valence-corrected chi connectivity index (χ3v) is 4.95. The number of hydrogen-bond donors (Lipinski definition) is 1. The lowest BCUT2D eigenvalue weighted by atomic mass is 10.1. The van der Waals surface area contributed by atoms with Crippen molar-refractivity contribution in [3.05, 3.63) is 23.8 Å². The Morgan fingerprint density at radius 2 is 1.88 bits per heavy atom. The van der Waals surface area contributed by atoms with Crippen molar-refractivity contribution in [2.24, 2.45) is 0 Å². The van der Waals surface area contributed by atoms with Crippen LogP contribution in [0.2, 0.25) is 0 Å². The lowest BCUT2D eigenvalue weighted by Gasteiger charge is -2.35. The van der Waals surface area contributed by atoms with Crippen LogP contribution in [0.4, 0.5) is 5.69 Å². The second-order valence-electron chi connectivity index (χ2n) is 6.67. The maximum absolute atomic E-state index is 12.7. The second-order valence-corrected chi connectivity index (χ2v) is 6.67. The van der Waals surface area contributed by atoms with E-state index >= 15 is 0 Å². The van der Waals surface area contributed by atoms with E-state index < -0.39 is 0 Å². The number of fused-ring (bicyclic) bond motifs is 1. The average molecular weight is 359 g/mol. The van der Waals surface area contributed by atoms with Crippen LogP contribution in [-0.2, 0) is 14.3 Å². The molecule has 1 atom stereocenters. The predicted molar refractivity (Wildman–Crippen MR) is 92.0 cm³/mol. The molecule has 0 aliphatic carbocycles. The summed E-state index contributed by atoms with van der Waals surface area (Å²) >= 11 is 0. The Labute approximate surface area is 151 Å². The van der Waals surface area contributed by atoms with Gasteiger partial charge in [-0.3, -0.25) is 14.4 Å². The van der Waals surface area contributed by atoms with Gasteiger partial charge in [-0.15, -0.1) is 0 Å². The van der Waals surface area contributed by atoms with Gasteiger partial charge in [-0.2, -0.15) is 0 Å². The molecule has 0 spiro atoms. The Kier molecular flexibility index (Phi) is 4.50. The van der Waals surface area contributed by atoms with Gasteiger partial charge in [0.2, 0.25) is 0 Å². The van der Waals surface area contributed by atoms with Crippen LogP contribution >= 0.6 is 0 Å². The number of benzene rings is 1. The molecule has 0 saturated carbocycles. The minimum absolute atomic E-state index is 0.0347. The predicted octanol–water partition coefficient (Wildman–Crippen LogP) is 0.481. The van der Waals surface area contributed by atoms with Gasteiger partial charge in [0.15, 0.2) is 6.61 Å². The van der Waals surface area contributed by atoms with Crippen LogP contribution in [0.15, 0.2) is 18.2 Å². The summed E-state index contributed by atoms with van der Waals surface area (Å²) in [7, 11) is 0. The Hall–Kier alpha value is -2.61. The lowest BCUT2D eigenvalue weighted by Crippen LogP contribution is -2.52. The number of piperazine rings is 1. The zero-order chi connectivity index (χ0) is 18.1. The molecule has 3 aliphatic heterocycles. The maximum atomic E-state index is 12.7. The van der Waals surface area contributed by atoms with E-state index in [2.05, 4.69) is 5.32 Å². The monoisotopic (exact) mass is 359 g/mol. The fourth-order valence-corrected chi connectivity index (χ4v) is 3.50. The molecule has 0 radical (unpaired) electrons. The highest BCUT2D eigenvalue weighted by molar-refractivity contribution is 5.99. The van der Waals surface area contributed by atoms with Gasteiger partial charge in [0.05, 0.1) is 5.69 Å². The molecule has 3 amide bonds. The van der Waals surface area contributed by atoms with E-state index in [0.29, 0.717) is 49.8 Å². The molecule has 3 heterocycles. The summed E-state index contributed by atoms with van der Waals surface area (Å²) in [5.41, 5.74) is 1.09. The lowest BCUT2D eigenvalue weighted by molar-refractivity contribution is -0.142. The summed E-state index contributed by atoms with van der Waals surface area (Å²) in [5.74, 6) is 0.233. The van der Waals surface area contributed by atoms with E-state index in [0.717, 1.165) is 12.8 Å². The summed E-state index contributed by atoms with van der Waals surface area (Å²) in [6.45, 7) is 2.62. The van der Waals surface area contributed by atoms with Gasteiger partial charge in [0.1, 0.15) is 11.9 Å². The third-order valence-electron chi connectivity index (χ3n) is 4.95. The zero-order valence-electron chi connectivity index (χ0n) is 14.4. The first kappa shape index (κ1) is 16.8. The molecule has 3 aliphatic rings. The van der Waals surface area contributed by atoms with Gasteiger partial charge in [-0.25, -0.2) is 0 Å². The second kappa shape index (κ2) is 6.95. The molecule has 1 unspecified atom stereocenters. The molecular weight excluding hydrogens is 338 g/mol. The smallest absolute Gasteiger partial charge is 0.262 e. The van der Waals surface area contributed by atoms with E-state index in [1.807, 2.05) is 0 Å². The van der Waals surface area contributed by atoms with Crippen molar-refractivity contribution in [3.63, 3.8) is 0 Å². The van der Waals surface area contributed by atoms with Crippen molar-refractivity contribution in [3.8, 4) is 5.75 Å². The molecule has 26 heavy (non-hydrogen) atoms. The van der Waals surface area contributed by atoms with Crippen LogP contribution in [0, 0.1) is 0 Å². The zero-order valence-corrected chi connectivity index (χ0v) is 14.4. The molecule has 1 N–H and O–H groups in total. The molecule has 1 aromatic carbocycles. The van der Waals surface area contributed by atoms with Crippen LogP contribution in [0.3, 0.4) is 0 Å². The molecule has 138 valence electrons. The normalized spacial score (nSPS) is 22.5. The Balaban J connectivity index is 1.38. The Morgan fingerprint density at radius 1 is 1.12 bits per heavy atom. The Morgan fingerprint density at radius 3 is 2.62 bits per heavy atom. The summed E-state index contributed by atoms with van der Waals surface area (Å²) in [5, 5.41) is 2.71. The first-order valence-electron chi connectivity index (χ1n) is 8.88. The van der Waals surface area contributed by atoms with Gasteiger partial charge in [0, 0.05) is 38.3 Å². The highest BCUT2D eigenvalue weighted by Gasteiger charge is 2.31. The van der Waals surface area contributed by atoms with E-state index in [-0.39, 0.29) is 30.4 Å². The number of nitrogens with one attached hydrogen (secondary N) is 1. The first-order valence-corrected chi connectivity index (χ1v) is 8.88. The number of carbonyl (C=O) groups is 3. The van der Waals surface area contributed by atoms with Gasteiger partial charge in [-0.05, 0) is 31.0 Å². The van der Waals surface area contributed by atoms with Crippen LogP contribution in [0.1, 0.15) is 23.2 Å². The van der Waals surface area contributed by atoms with Crippen LogP contribution < -0.4 is 10.1 Å². The van der Waals surface area contributed by atoms with Crippen LogP contribution in [0.5, 0.6) is 5.75 Å². The van der Waals surface area contributed by atoms with Crippen molar-refractivity contribution >= 4 is 23.4 Å². The highest BCUT2D eigenvalue weighted by Crippen LogP contribution is 2.29. The van der Waals surface area contributed by atoms with Crippen molar-refractivity contribution in [1.29, 1.82) is 0 Å². The van der Waals surface area contributed by atoms with Crippen LogP contribution in [0.25, 0.3) is 0 Å². The van der Waals surface area contributed by atoms with E-state index in [1.165, 1.54) is 0 Å². The molecule has 0 aromatic heterocycles. The summed E-state index contributed by atoms with van der Waals surface area (Å²) in [4.78, 5) is 40.0. The summed E-state index contributed by atoms with van der Waals surface area (Å²) < 4.78 is 10.8. The summed E-state index contributed by atoms with van der Waals surface area (Å²) in [6, 6.07) is 5.01. The number of amides is 3. The van der Waals surface area contributed by atoms with E-state index in [1.54, 1.807) is 28.0 Å². The van der Waals surface area contributed by atoms with Crippen molar-refractivity contribution in [2.75, 3.05) is 44.7 Å². The molecule has 4 rings (SSSR count). The molecule has 8 nitrogen and oxygen atoms in total. The number of hydrogen-bond acceptors (Lipinski definition) is 5. The SMILES string of the molecule is O=C1COc2cc(C(=O)N3CCN(C(=O)C4CCCO4)CC3)ccc2N1. The largest absolute Gasteiger partial charge is 0.482 e. The number of anilines is 1. The quantitative estimate of drug-likeness (QED) is 0.830. The number of ether oxygens (including phenoxy) is 2. The van der Waals surface area contributed by atoms with Gasteiger partial charge in [0.25, 0.3) is 17.7 Å². The number of rotatable bonds is 2. The fraction of sp³-hybridized carbons (Fsp3) is 0.500. The summed E-state index contributed by atoms with van der Waals surface area (Å²) in [6.07, 6.45) is 1.39. The maximum Gasteiger partial charge on any atom is 0.262 e. The number of carbonyl (C=O) groups excluding carboxylic acids is 3. The van der Waals surface area contributed by atoms with E-state index in [4.69, 9.17) is 9.47 Å². The molecule has 8 heteroatoms. The molecule has 2 saturated heterocycles. The van der Waals surface area contributed by atoms with Gasteiger partial charge < -0.3 is 24.6 Å². The minimum Gasteiger partial charge on any atom is -0.482 e. The molecule has 1 aromatic rings. The topological polar surface area (TPSA) is 88.2 Å². The Bertz CT molecular complexity index is 736. The molecule has 0 bridgehead atoms. The average Bonchev–Trinajstić information content (AvgIpc) is 3.21. The third kappa shape index (κ3) is 3.24. The molecule has 2 fully saturated rings. The standard InChI is InChI=1S/C18H21N3O5/c22-16-11-26-15-10-12(3-4-13(15)19-16)17(23)20-5-7-21(8-6-20)18(24)14-2-1-9-25-14/h3-4,10,14H,1-2,5-9,11H2,(H,19,22). The van der Waals surface area contributed by atoms with Crippen molar-refractivity contribution < 1.29 is 23.9 Å². The minimum atomic E-state index is -0.315. The van der Waals surface area contributed by atoms with Gasteiger partial charge >= 0.3 is 0 Å².